The molecule has 18 heavy (non-hydrogen) atoms. The Bertz CT molecular complexity index is 626. The normalized spacial score (nSPS) is 16.7. The average molecular weight is 265 g/mol. The fraction of sp³-hybridized carbons (Fsp3) is 0.364. The van der Waals surface area contributed by atoms with Gasteiger partial charge in [0.1, 0.15) is 16.9 Å². The molecule has 6 nitrogen and oxygen atoms in total. The van der Waals surface area contributed by atoms with Crippen molar-refractivity contribution < 1.29 is 14.7 Å². The van der Waals surface area contributed by atoms with Crippen LogP contribution in [0.1, 0.15) is 23.3 Å². The van der Waals surface area contributed by atoms with Gasteiger partial charge in [-0.2, -0.15) is 0 Å². The highest BCUT2D eigenvalue weighted by Gasteiger charge is 2.50. The second kappa shape index (κ2) is 3.81. The lowest BCUT2D eigenvalue weighted by atomic mass is 10.1. The Morgan fingerprint density at radius 2 is 2.33 bits per heavy atom. The summed E-state index contributed by atoms with van der Waals surface area (Å²) in [6, 6.07) is 0. The molecule has 1 aliphatic carbocycles. The number of imidazole rings is 1. The van der Waals surface area contributed by atoms with Crippen LogP contribution in [0.5, 0.6) is 0 Å². The highest BCUT2D eigenvalue weighted by molar-refractivity contribution is 7.15. The van der Waals surface area contributed by atoms with E-state index in [0.717, 1.165) is 4.83 Å². The van der Waals surface area contributed by atoms with Gasteiger partial charge in [0.15, 0.2) is 0 Å². The maximum absolute atomic E-state index is 12.0. The van der Waals surface area contributed by atoms with Gasteiger partial charge in [0.2, 0.25) is 0 Å². The first kappa shape index (κ1) is 11.2. The molecule has 7 heteroatoms. The van der Waals surface area contributed by atoms with Gasteiger partial charge in [0.05, 0.1) is 11.6 Å². The summed E-state index contributed by atoms with van der Waals surface area (Å²) in [6.45, 7) is 0.188. The fourth-order valence-corrected chi connectivity index (χ4v) is 2.68. The molecular weight excluding hydrogens is 254 g/mol. The van der Waals surface area contributed by atoms with Crippen LogP contribution < -0.4 is 5.32 Å². The van der Waals surface area contributed by atoms with Crippen molar-refractivity contribution in [2.75, 3.05) is 6.54 Å². The van der Waals surface area contributed by atoms with Crippen molar-refractivity contribution in [1.82, 2.24) is 14.7 Å². The Morgan fingerprint density at radius 1 is 1.56 bits per heavy atom. The molecule has 0 atom stereocenters. The predicted octanol–water partition coefficient (Wildman–Crippen LogP) is 0.990. The van der Waals surface area contributed by atoms with Gasteiger partial charge in [0, 0.05) is 11.9 Å². The van der Waals surface area contributed by atoms with Crippen molar-refractivity contribution in [2.45, 2.75) is 12.8 Å². The van der Waals surface area contributed by atoms with Crippen molar-refractivity contribution in [2.24, 2.45) is 5.41 Å². The summed E-state index contributed by atoms with van der Waals surface area (Å²) in [6.07, 6.45) is 4.52. The summed E-state index contributed by atoms with van der Waals surface area (Å²) in [4.78, 5) is 27.8. The van der Waals surface area contributed by atoms with E-state index in [4.69, 9.17) is 5.11 Å². The van der Waals surface area contributed by atoms with Crippen LogP contribution in [0.2, 0.25) is 0 Å². The third-order valence-corrected chi connectivity index (χ3v) is 4.17. The number of fused-ring (bicyclic) bond motifs is 1. The van der Waals surface area contributed by atoms with Crippen molar-refractivity contribution in [3.63, 3.8) is 0 Å². The standard InChI is InChI=1S/C11H11N3O3S/c15-9(13-5-11(1-2-11)10(16)17)7-4-18-8-3-12-6-14(7)8/h3-4,6H,1-2,5H2,(H,13,15)(H,16,17). The van der Waals surface area contributed by atoms with Crippen LogP contribution in [0.3, 0.4) is 0 Å². The highest BCUT2D eigenvalue weighted by atomic mass is 32.1. The Hall–Kier alpha value is -1.89. The molecule has 0 spiro atoms. The maximum atomic E-state index is 12.0. The molecule has 0 saturated heterocycles. The number of carboxylic acid groups (broad SMARTS) is 1. The van der Waals surface area contributed by atoms with Crippen LogP contribution in [0.15, 0.2) is 17.9 Å². The molecule has 2 N–H and O–H groups in total. The van der Waals surface area contributed by atoms with Crippen LogP contribution in [0.4, 0.5) is 0 Å². The van der Waals surface area contributed by atoms with E-state index in [1.54, 1.807) is 22.3 Å². The number of amides is 1. The van der Waals surface area contributed by atoms with Crippen molar-refractivity contribution in [3.05, 3.63) is 23.6 Å². The number of carbonyl (C=O) groups is 2. The summed E-state index contributed by atoms with van der Waals surface area (Å²) in [5.74, 6) is -1.09. The van der Waals surface area contributed by atoms with Crippen LogP contribution in [-0.4, -0.2) is 32.9 Å². The topological polar surface area (TPSA) is 83.7 Å². The zero-order valence-corrected chi connectivity index (χ0v) is 10.2. The lowest BCUT2D eigenvalue weighted by Crippen LogP contribution is -2.34. The second-order valence-corrected chi connectivity index (χ2v) is 5.38. The minimum Gasteiger partial charge on any atom is -0.481 e. The molecule has 0 unspecified atom stereocenters. The summed E-state index contributed by atoms with van der Waals surface area (Å²) < 4.78 is 1.69. The van der Waals surface area contributed by atoms with Gasteiger partial charge in [0.25, 0.3) is 5.91 Å². The summed E-state index contributed by atoms with van der Waals surface area (Å²) in [5, 5.41) is 13.5. The fourth-order valence-electron chi connectivity index (χ4n) is 1.84. The molecule has 0 aromatic carbocycles. The molecule has 1 amide bonds. The zero-order chi connectivity index (χ0) is 12.8. The van der Waals surface area contributed by atoms with E-state index in [1.165, 1.54) is 11.3 Å². The van der Waals surface area contributed by atoms with Gasteiger partial charge in [-0.15, -0.1) is 11.3 Å². The second-order valence-electron chi connectivity index (χ2n) is 4.49. The van der Waals surface area contributed by atoms with E-state index in [1.807, 2.05) is 0 Å². The first-order chi connectivity index (χ1) is 8.62. The molecule has 0 radical (unpaired) electrons. The molecule has 1 aliphatic rings. The smallest absolute Gasteiger partial charge is 0.311 e. The first-order valence-corrected chi connectivity index (χ1v) is 6.41. The number of rotatable bonds is 4. The Kier molecular flexibility index (Phi) is 2.37. The summed E-state index contributed by atoms with van der Waals surface area (Å²) in [5.41, 5.74) is -0.242. The molecule has 0 bridgehead atoms. The average Bonchev–Trinajstić information content (AvgIpc) is 2.81. The SMILES string of the molecule is O=C(NCC1(C(=O)O)CC1)c1csc2cncn12. The zero-order valence-electron chi connectivity index (χ0n) is 9.42. The van der Waals surface area contributed by atoms with Crippen molar-refractivity contribution in [1.29, 1.82) is 0 Å². The van der Waals surface area contributed by atoms with Crippen molar-refractivity contribution >= 4 is 28.0 Å². The largest absolute Gasteiger partial charge is 0.481 e. The third kappa shape index (κ3) is 1.67. The number of hydrogen-bond acceptors (Lipinski definition) is 4. The first-order valence-electron chi connectivity index (χ1n) is 5.54. The Morgan fingerprint density at radius 3 is 3.00 bits per heavy atom. The number of hydrogen-bond donors (Lipinski definition) is 2. The molecule has 2 aromatic heterocycles. The lowest BCUT2D eigenvalue weighted by molar-refractivity contribution is -0.143. The molecule has 2 aromatic rings. The van der Waals surface area contributed by atoms with E-state index in [2.05, 4.69) is 10.3 Å². The van der Waals surface area contributed by atoms with E-state index < -0.39 is 11.4 Å². The van der Waals surface area contributed by atoms with Gasteiger partial charge in [-0.05, 0) is 12.8 Å². The minimum atomic E-state index is -0.833. The third-order valence-electron chi connectivity index (χ3n) is 3.28. The molecule has 2 heterocycles. The van der Waals surface area contributed by atoms with Crippen LogP contribution in [-0.2, 0) is 4.79 Å². The number of carboxylic acids is 1. The molecule has 3 rings (SSSR count). The summed E-state index contributed by atoms with van der Waals surface area (Å²) >= 11 is 1.43. The summed E-state index contributed by atoms with van der Waals surface area (Å²) in [7, 11) is 0. The van der Waals surface area contributed by atoms with E-state index in [9.17, 15) is 9.59 Å². The van der Waals surface area contributed by atoms with Gasteiger partial charge in [-0.1, -0.05) is 0 Å². The minimum absolute atomic E-state index is 0.188. The predicted molar refractivity (Wildman–Crippen MR) is 64.7 cm³/mol. The molecular formula is C11H11N3O3S. The molecule has 0 aliphatic heterocycles. The Labute approximate surface area is 106 Å². The van der Waals surface area contributed by atoms with E-state index in [-0.39, 0.29) is 12.5 Å². The quantitative estimate of drug-likeness (QED) is 0.863. The van der Waals surface area contributed by atoms with Crippen molar-refractivity contribution in [3.8, 4) is 0 Å². The number of nitrogens with one attached hydrogen (secondary N) is 1. The lowest BCUT2D eigenvalue weighted by Gasteiger charge is -2.10. The molecule has 94 valence electrons. The van der Waals surface area contributed by atoms with Gasteiger partial charge in [-0.25, -0.2) is 4.98 Å². The molecule has 1 saturated carbocycles. The number of aliphatic carboxylic acids is 1. The van der Waals surface area contributed by atoms with Gasteiger partial charge >= 0.3 is 5.97 Å². The van der Waals surface area contributed by atoms with Crippen LogP contribution >= 0.6 is 11.3 Å². The number of thiazole rings is 1. The van der Waals surface area contributed by atoms with E-state index in [0.29, 0.717) is 18.5 Å². The number of aromatic nitrogens is 2. The van der Waals surface area contributed by atoms with Crippen LogP contribution in [0.25, 0.3) is 4.83 Å². The van der Waals surface area contributed by atoms with Gasteiger partial charge in [-0.3, -0.25) is 14.0 Å². The van der Waals surface area contributed by atoms with Gasteiger partial charge < -0.3 is 10.4 Å². The monoisotopic (exact) mass is 265 g/mol. The highest BCUT2D eigenvalue weighted by Crippen LogP contribution is 2.45. The Balaban J connectivity index is 1.73. The number of nitrogens with zero attached hydrogens (tertiary/aromatic N) is 2. The molecule has 1 fully saturated rings. The maximum Gasteiger partial charge on any atom is 0.311 e. The number of carbonyl (C=O) groups excluding carboxylic acids is 1. The van der Waals surface area contributed by atoms with Crippen LogP contribution in [0, 0.1) is 5.41 Å². The van der Waals surface area contributed by atoms with E-state index >= 15 is 0 Å².